The molecule has 0 aliphatic carbocycles. The highest BCUT2D eigenvalue weighted by atomic mass is 32.3. The summed E-state index contributed by atoms with van der Waals surface area (Å²) in [6, 6.07) is 20.2. The molecule has 140 valence electrons. The van der Waals surface area contributed by atoms with Crippen LogP contribution in [0.4, 0.5) is 0 Å². The molecule has 0 aliphatic rings. The topological polar surface area (TPSA) is 141 Å². The van der Waals surface area contributed by atoms with Crippen molar-refractivity contribution in [1.29, 1.82) is 0 Å². The SMILES string of the molecule is O=S(=O)(O)O.O=c1ccc2ccccc2[nH]1.Oc1cccc2cccnc12. The lowest BCUT2D eigenvalue weighted by atomic mass is 10.2. The fourth-order valence-electron chi connectivity index (χ4n) is 2.18. The van der Waals surface area contributed by atoms with E-state index in [4.69, 9.17) is 17.5 Å². The van der Waals surface area contributed by atoms with Crippen LogP contribution in [-0.4, -0.2) is 32.6 Å². The van der Waals surface area contributed by atoms with Crippen molar-refractivity contribution < 1.29 is 22.6 Å². The van der Waals surface area contributed by atoms with E-state index >= 15 is 0 Å². The van der Waals surface area contributed by atoms with Crippen LogP contribution in [0.25, 0.3) is 21.8 Å². The molecule has 4 N–H and O–H groups in total. The number of phenols is 1. The number of H-pyrrole nitrogens is 1. The van der Waals surface area contributed by atoms with Gasteiger partial charge in [-0.3, -0.25) is 18.9 Å². The molecule has 4 aromatic rings. The molecule has 0 unspecified atom stereocenters. The molecule has 0 aliphatic heterocycles. The number of aromatic hydroxyl groups is 1. The van der Waals surface area contributed by atoms with Crippen molar-refractivity contribution in [3.63, 3.8) is 0 Å². The van der Waals surface area contributed by atoms with Gasteiger partial charge in [-0.25, -0.2) is 0 Å². The Morgan fingerprint density at radius 1 is 0.815 bits per heavy atom. The standard InChI is InChI=1S/2C9H7NO.H2O4S/c11-8-5-1-3-7-4-2-6-10-9(7)8;11-9-6-5-7-3-1-2-4-8(7)10-9;1-5(2,3)4/h1-6,11H;1-6H,(H,10,11);(H2,1,2,3,4). The number of aromatic amines is 1. The summed E-state index contributed by atoms with van der Waals surface area (Å²) in [5, 5.41) is 11.3. The second kappa shape index (κ2) is 8.90. The van der Waals surface area contributed by atoms with E-state index in [0.29, 0.717) is 5.52 Å². The lowest BCUT2D eigenvalue weighted by molar-refractivity contribution is 0.381. The van der Waals surface area contributed by atoms with Gasteiger partial charge in [0.15, 0.2) is 0 Å². The molecule has 0 amide bonds. The minimum absolute atomic E-state index is 0.0521. The fraction of sp³-hybridized carbons (Fsp3) is 0. The van der Waals surface area contributed by atoms with E-state index in [0.717, 1.165) is 16.3 Å². The molecule has 27 heavy (non-hydrogen) atoms. The van der Waals surface area contributed by atoms with Crippen LogP contribution in [0.3, 0.4) is 0 Å². The number of phenolic OH excluding ortho intramolecular Hbond substituents is 1. The summed E-state index contributed by atoms with van der Waals surface area (Å²) in [6.07, 6.45) is 1.67. The first-order chi connectivity index (χ1) is 12.7. The van der Waals surface area contributed by atoms with Crippen molar-refractivity contribution >= 4 is 32.2 Å². The molecule has 0 fully saturated rings. The number of nitrogens with zero attached hydrogens (tertiary/aromatic N) is 1. The van der Waals surface area contributed by atoms with E-state index in [1.54, 1.807) is 18.3 Å². The predicted molar refractivity (Wildman–Crippen MR) is 102 cm³/mol. The van der Waals surface area contributed by atoms with Crippen LogP contribution in [0.15, 0.2) is 77.7 Å². The maximum absolute atomic E-state index is 10.8. The number of hydrogen-bond acceptors (Lipinski definition) is 5. The van der Waals surface area contributed by atoms with Gasteiger partial charge >= 0.3 is 10.4 Å². The third-order valence-corrected chi connectivity index (χ3v) is 3.24. The molecule has 0 radical (unpaired) electrons. The molecule has 9 heteroatoms. The normalized spacial score (nSPS) is 10.4. The molecule has 0 bridgehead atoms. The minimum Gasteiger partial charge on any atom is -0.506 e. The molecular formula is C18H16N2O6S. The Kier molecular flexibility index (Phi) is 6.61. The number of hydrogen-bond donors (Lipinski definition) is 4. The van der Waals surface area contributed by atoms with Gasteiger partial charge in [-0.1, -0.05) is 36.4 Å². The largest absolute Gasteiger partial charge is 0.506 e. The Balaban J connectivity index is 0.000000157. The van der Waals surface area contributed by atoms with Crippen LogP contribution >= 0.6 is 0 Å². The van der Waals surface area contributed by atoms with E-state index in [1.807, 2.05) is 48.5 Å². The van der Waals surface area contributed by atoms with Gasteiger partial charge in [0.2, 0.25) is 5.56 Å². The zero-order valence-corrected chi connectivity index (χ0v) is 14.7. The Labute approximate surface area is 154 Å². The summed E-state index contributed by atoms with van der Waals surface area (Å²) >= 11 is 0. The molecule has 2 aromatic carbocycles. The second-order valence-corrected chi connectivity index (χ2v) is 6.11. The zero-order chi connectivity index (χ0) is 19.9. The third kappa shape index (κ3) is 6.86. The smallest absolute Gasteiger partial charge is 0.394 e. The first-order valence-electron chi connectivity index (χ1n) is 7.55. The number of aromatic nitrogens is 2. The average Bonchev–Trinajstić information content (AvgIpc) is 2.61. The monoisotopic (exact) mass is 388 g/mol. The van der Waals surface area contributed by atoms with Crippen LogP contribution in [0.2, 0.25) is 0 Å². The third-order valence-electron chi connectivity index (χ3n) is 3.24. The summed E-state index contributed by atoms with van der Waals surface area (Å²) < 4.78 is 31.6. The van der Waals surface area contributed by atoms with Gasteiger partial charge in [-0.2, -0.15) is 8.42 Å². The maximum Gasteiger partial charge on any atom is 0.394 e. The summed E-state index contributed by atoms with van der Waals surface area (Å²) in [5.74, 6) is 0.239. The van der Waals surface area contributed by atoms with E-state index in [2.05, 4.69) is 9.97 Å². The maximum atomic E-state index is 10.8. The van der Waals surface area contributed by atoms with Crippen molar-refractivity contribution in [2.24, 2.45) is 0 Å². The second-order valence-electron chi connectivity index (χ2n) is 5.21. The van der Waals surface area contributed by atoms with Gasteiger partial charge in [0, 0.05) is 23.2 Å². The van der Waals surface area contributed by atoms with Gasteiger partial charge in [-0.15, -0.1) is 0 Å². The lowest BCUT2D eigenvalue weighted by Crippen LogP contribution is -2.01. The molecule has 4 rings (SSSR count). The number of fused-ring (bicyclic) bond motifs is 2. The lowest BCUT2D eigenvalue weighted by Gasteiger charge is -1.96. The minimum atomic E-state index is -4.67. The Morgan fingerprint density at radius 2 is 1.44 bits per heavy atom. The molecule has 0 saturated heterocycles. The average molecular weight is 388 g/mol. The highest BCUT2D eigenvalue weighted by Crippen LogP contribution is 2.20. The van der Waals surface area contributed by atoms with E-state index in [1.165, 1.54) is 6.07 Å². The summed E-state index contributed by atoms with van der Waals surface area (Å²) in [5.41, 5.74) is 1.50. The fourth-order valence-corrected chi connectivity index (χ4v) is 2.18. The van der Waals surface area contributed by atoms with Crippen LogP contribution in [0.1, 0.15) is 0 Å². The number of benzene rings is 2. The van der Waals surface area contributed by atoms with Crippen molar-refractivity contribution in [3.8, 4) is 5.75 Å². The number of para-hydroxylation sites is 2. The van der Waals surface area contributed by atoms with Crippen LogP contribution < -0.4 is 5.56 Å². The Hall–Kier alpha value is -3.27. The molecule has 8 nitrogen and oxygen atoms in total. The number of nitrogens with one attached hydrogen (secondary N) is 1. The van der Waals surface area contributed by atoms with Crippen molar-refractivity contribution in [1.82, 2.24) is 9.97 Å². The van der Waals surface area contributed by atoms with E-state index < -0.39 is 10.4 Å². The highest BCUT2D eigenvalue weighted by Gasteiger charge is 1.96. The molecule has 2 aromatic heterocycles. The highest BCUT2D eigenvalue weighted by molar-refractivity contribution is 7.79. The van der Waals surface area contributed by atoms with Gasteiger partial charge in [-0.05, 0) is 29.7 Å². The first kappa shape index (κ1) is 20.0. The van der Waals surface area contributed by atoms with Crippen molar-refractivity contribution in [2.45, 2.75) is 0 Å². The van der Waals surface area contributed by atoms with Crippen LogP contribution in [0.5, 0.6) is 5.75 Å². The summed E-state index contributed by atoms with van der Waals surface area (Å²) in [4.78, 5) is 17.6. The van der Waals surface area contributed by atoms with Crippen molar-refractivity contribution in [2.75, 3.05) is 0 Å². The van der Waals surface area contributed by atoms with Gasteiger partial charge in [0.25, 0.3) is 0 Å². The quantitative estimate of drug-likeness (QED) is 0.339. The van der Waals surface area contributed by atoms with Crippen molar-refractivity contribution in [3.05, 3.63) is 83.3 Å². The van der Waals surface area contributed by atoms with Gasteiger partial charge in [0.1, 0.15) is 11.3 Å². The summed E-state index contributed by atoms with van der Waals surface area (Å²) in [7, 11) is -4.67. The predicted octanol–water partition coefficient (Wildman–Crippen LogP) is 2.82. The summed E-state index contributed by atoms with van der Waals surface area (Å²) in [6.45, 7) is 0. The first-order valence-corrected chi connectivity index (χ1v) is 8.94. The number of rotatable bonds is 0. The molecule has 2 heterocycles. The van der Waals surface area contributed by atoms with E-state index in [-0.39, 0.29) is 11.3 Å². The number of pyridine rings is 2. The molecular weight excluding hydrogens is 372 g/mol. The van der Waals surface area contributed by atoms with Gasteiger partial charge < -0.3 is 10.1 Å². The van der Waals surface area contributed by atoms with Crippen LogP contribution in [0, 0.1) is 0 Å². The van der Waals surface area contributed by atoms with E-state index in [9.17, 15) is 9.90 Å². The molecule has 0 saturated carbocycles. The van der Waals surface area contributed by atoms with Crippen LogP contribution in [-0.2, 0) is 10.4 Å². The Bertz CT molecular complexity index is 1190. The zero-order valence-electron chi connectivity index (χ0n) is 13.9. The molecule has 0 spiro atoms. The molecule has 0 atom stereocenters. The van der Waals surface area contributed by atoms with Gasteiger partial charge in [0.05, 0.1) is 0 Å². The Morgan fingerprint density at radius 3 is 2.15 bits per heavy atom.